The van der Waals surface area contributed by atoms with Crippen LogP contribution in [-0.4, -0.2) is 18.5 Å². The van der Waals surface area contributed by atoms with Crippen LogP contribution in [0, 0.1) is 6.92 Å². The van der Waals surface area contributed by atoms with E-state index in [2.05, 4.69) is 21.2 Å². The van der Waals surface area contributed by atoms with Gasteiger partial charge in [-0.1, -0.05) is 34.1 Å². The molecule has 0 unspecified atom stereocenters. The van der Waals surface area contributed by atoms with Crippen molar-refractivity contribution in [2.45, 2.75) is 6.92 Å². The topological polar surface area (TPSA) is 55.4 Å². The number of benzene rings is 2. The Balaban J connectivity index is 1.87. The number of esters is 1. The maximum Gasteiger partial charge on any atom is 0.338 e. The van der Waals surface area contributed by atoms with E-state index in [9.17, 15) is 9.59 Å². The largest absolute Gasteiger partial charge is 0.452 e. The van der Waals surface area contributed by atoms with Crippen LogP contribution in [-0.2, 0) is 9.53 Å². The molecule has 2 aromatic rings. The van der Waals surface area contributed by atoms with Gasteiger partial charge in [0.1, 0.15) is 0 Å². The number of halogens is 1. The third-order valence-corrected chi connectivity index (χ3v) is 3.68. The van der Waals surface area contributed by atoms with Crippen molar-refractivity contribution >= 4 is 33.5 Å². The molecule has 1 N–H and O–H groups in total. The summed E-state index contributed by atoms with van der Waals surface area (Å²) in [6.07, 6.45) is 0. The molecule has 108 valence electrons. The lowest BCUT2D eigenvalue weighted by Crippen LogP contribution is -2.20. The lowest BCUT2D eigenvalue weighted by molar-refractivity contribution is -0.119. The van der Waals surface area contributed by atoms with Gasteiger partial charge in [0.15, 0.2) is 6.61 Å². The highest BCUT2D eigenvalue weighted by Crippen LogP contribution is 2.19. The van der Waals surface area contributed by atoms with Crippen molar-refractivity contribution in [3.05, 3.63) is 64.1 Å². The fourth-order valence-corrected chi connectivity index (χ4v) is 1.95. The Kier molecular flexibility index (Phi) is 5.11. The van der Waals surface area contributed by atoms with Crippen LogP contribution in [0.1, 0.15) is 15.9 Å². The molecule has 1 amide bonds. The van der Waals surface area contributed by atoms with Crippen LogP contribution in [0.4, 0.5) is 5.69 Å². The van der Waals surface area contributed by atoms with Gasteiger partial charge in [-0.25, -0.2) is 4.79 Å². The second kappa shape index (κ2) is 7.04. The van der Waals surface area contributed by atoms with Crippen molar-refractivity contribution in [2.75, 3.05) is 11.9 Å². The van der Waals surface area contributed by atoms with E-state index in [-0.39, 0.29) is 12.5 Å². The van der Waals surface area contributed by atoms with Crippen LogP contribution in [0.15, 0.2) is 53.0 Å². The molecule has 0 bridgehead atoms. The summed E-state index contributed by atoms with van der Waals surface area (Å²) < 4.78 is 5.92. The molecule has 0 spiro atoms. The first kappa shape index (κ1) is 15.3. The zero-order chi connectivity index (χ0) is 15.2. The molecule has 2 aromatic carbocycles. The normalized spacial score (nSPS) is 10.0. The SMILES string of the molecule is Cc1cc(NC(=O)COC(=O)c2ccccc2)ccc1Br. The fourth-order valence-electron chi connectivity index (χ4n) is 1.71. The fraction of sp³-hybridized carbons (Fsp3) is 0.125. The van der Waals surface area contributed by atoms with Crippen LogP contribution in [0.25, 0.3) is 0 Å². The Morgan fingerprint density at radius 1 is 1.14 bits per heavy atom. The molecule has 5 heteroatoms. The molecule has 0 fully saturated rings. The molecule has 0 atom stereocenters. The van der Waals surface area contributed by atoms with Crippen LogP contribution < -0.4 is 5.32 Å². The summed E-state index contributed by atoms with van der Waals surface area (Å²) in [5.41, 5.74) is 2.09. The summed E-state index contributed by atoms with van der Waals surface area (Å²) in [6.45, 7) is 1.61. The maximum atomic E-state index is 11.7. The van der Waals surface area contributed by atoms with E-state index < -0.39 is 5.97 Å². The number of nitrogens with one attached hydrogen (secondary N) is 1. The molecule has 21 heavy (non-hydrogen) atoms. The minimum Gasteiger partial charge on any atom is -0.452 e. The van der Waals surface area contributed by atoms with Crippen LogP contribution in [0.2, 0.25) is 0 Å². The van der Waals surface area contributed by atoms with E-state index in [4.69, 9.17) is 4.74 Å². The quantitative estimate of drug-likeness (QED) is 0.860. The standard InChI is InChI=1S/C16H14BrNO3/c1-11-9-13(7-8-14(11)17)18-15(19)10-21-16(20)12-5-3-2-4-6-12/h2-9H,10H2,1H3,(H,18,19). The molecular formula is C16H14BrNO3. The number of carbonyl (C=O) groups is 2. The number of anilines is 1. The minimum absolute atomic E-state index is 0.317. The molecular weight excluding hydrogens is 334 g/mol. The van der Waals surface area contributed by atoms with E-state index in [0.29, 0.717) is 11.3 Å². The first-order valence-electron chi connectivity index (χ1n) is 6.34. The number of rotatable bonds is 4. The zero-order valence-electron chi connectivity index (χ0n) is 11.4. The van der Waals surface area contributed by atoms with E-state index in [1.807, 2.05) is 19.1 Å². The molecule has 0 heterocycles. The van der Waals surface area contributed by atoms with Gasteiger partial charge in [0.05, 0.1) is 5.56 Å². The minimum atomic E-state index is -0.516. The number of hydrogen-bond donors (Lipinski definition) is 1. The number of carbonyl (C=O) groups excluding carboxylic acids is 2. The summed E-state index contributed by atoms with van der Waals surface area (Å²) in [6, 6.07) is 14.0. The van der Waals surface area contributed by atoms with Gasteiger partial charge in [-0.15, -0.1) is 0 Å². The second-order valence-electron chi connectivity index (χ2n) is 4.45. The average molecular weight is 348 g/mol. The maximum absolute atomic E-state index is 11.7. The summed E-state index contributed by atoms with van der Waals surface area (Å²) >= 11 is 3.39. The van der Waals surface area contributed by atoms with E-state index >= 15 is 0 Å². The molecule has 0 aromatic heterocycles. The zero-order valence-corrected chi connectivity index (χ0v) is 13.0. The molecule has 4 nitrogen and oxygen atoms in total. The van der Waals surface area contributed by atoms with Crippen molar-refractivity contribution in [3.63, 3.8) is 0 Å². The highest BCUT2D eigenvalue weighted by molar-refractivity contribution is 9.10. The van der Waals surface area contributed by atoms with E-state index in [0.717, 1.165) is 10.0 Å². The molecule has 0 radical (unpaired) electrons. The van der Waals surface area contributed by atoms with Gasteiger partial charge in [-0.05, 0) is 42.8 Å². The Labute approximate surface area is 131 Å². The molecule has 0 aliphatic carbocycles. The van der Waals surface area contributed by atoms with Gasteiger partial charge in [0, 0.05) is 10.2 Å². The van der Waals surface area contributed by atoms with E-state index in [1.54, 1.807) is 36.4 Å². The van der Waals surface area contributed by atoms with Crippen molar-refractivity contribution in [2.24, 2.45) is 0 Å². The Morgan fingerprint density at radius 3 is 2.52 bits per heavy atom. The predicted molar refractivity (Wildman–Crippen MR) is 84.2 cm³/mol. The first-order chi connectivity index (χ1) is 10.1. The third kappa shape index (κ3) is 4.43. The molecule has 0 aliphatic heterocycles. The van der Waals surface area contributed by atoms with Gasteiger partial charge in [0.25, 0.3) is 5.91 Å². The number of hydrogen-bond acceptors (Lipinski definition) is 3. The van der Waals surface area contributed by atoms with Crippen molar-refractivity contribution in [1.82, 2.24) is 0 Å². The lowest BCUT2D eigenvalue weighted by atomic mass is 10.2. The van der Waals surface area contributed by atoms with E-state index in [1.165, 1.54) is 0 Å². The highest BCUT2D eigenvalue weighted by atomic mass is 79.9. The van der Waals surface area contributed by atoms with Gasteiger partial charge in [-0.3, -0.25) is 4.79 Å². The molecule has 2 rings (SSSR count). The highest BCUT2D eigenvalue weighted by Gasteiger charge is 2.10. The first-order valence-corrected chi connectivity index (χ1v) is 7.14. The third-order valence-electron chi connectivity index (χ3n) is 2.79. The number of amides is 1. The van der Waals surface area contributed by atoms with Gasteiger partial charge < -0.3 is 10.1 Å². The Hall–Kier alpha value is -2.14. The van der Waals surface area contributed by atoms with Crippen LogP contribution >= 0.6 is 15.9 Å². The summed E-state index contributed by atoms with van der Waals surface area (Å²) in [4.78, 5) is 23.4. The molecule has 0 aliphatic rings. The number of aryl methyl sites for hydroxylation is 1. The van der Waals surface area contributed by atoms with Crippen LogP contribution in [0.3, 0.4) is 0 Å². The van der Waals surface area contributed by atoms with Crippen molar-refractivity contribution in [1.29, 1.82) is 0 Å². The second-order valence-corrected chi connectivity index (χ2v) is 5.31. The smallest absolute Gasteiger partial charge is 0.338 e. The molecule has 0 saturated carbocycles. The summed E-state index contributed by atoms with van der Waals surface area (Å²) in [7, 11) is 0. The van der Waals surface area contributed by atoms with Crippen molar-refractivity contribution < 1.29 is 14.3 Å². The monoisotopic (exact) mass is 347 g/mol. The molecule has 0 saturated heterocycles. The average Bonchev–Trinajstić information content (AvgIpc) is 2.49. The number of ether oxygens (including phenoxy) is 1. The van der Waals surface area contributed by atoms with Gasteiger partial charge in [0.2, 0.25) is 0 Å². The van der Waals surface area contributed by atoms with Gasteiger partial charge >= 0.3 is 5.97 Å². The summed E-state index contributed by atoms with van der Waals surface area (Å²) in [5.74, 6) is -0.890. The Bertz CT molecular complexity index is 656. The van der Waals surface area contributed by atoms with Crippen molar-refractivity contribution in [3.8, 4) is 0 Å². The van der Waals surface area contributed by atoms with Gasteiger partial charge in [-0.2, -0.15) is 0 Å². The Morgan fingerprint density at radius 2 is 1.86 bits per heavy atom. The predicted octanol–water partition coefficient (Wildman–Crippen LogP) is 3.55. The lowest BCUT2D eigenvalue weighted by Gasteiger charge is -2.08. The summed E-state index contributed by atoms with van der Waals surface area (Å²) in [5, 5.41) is 2.68. The van der Waals surface area contributed by atoms with Crippen LogP contribution in [0.5, 0.6) is 0 Å².